The van der Waals surface area contributed by atoms with Crippen molar-refractivity contribution in [2.24, 2.45) is 0 Å². The van der Waals surface area contributed by atoms with E-state index in [1.165, 1.54) is 5.56 Å². The van der Waals surface area contributed by atoms with Gasteiger partial charge in [-0.05, 0) is 18.9 Å². The third kappa shape index (κ3) is 4.02. The summed E-state index contributed by atoms with van der Waals surface area (Å²) in [5.74, 6) is 0. The van der Waals surface area contributed by atoms with Gasteiger partial charge in [0.05, 0.1) is 0 Å². The van der Waals surface area contributed by atoms with Crippen LogP contribution in [0.3, 0.4) is 0 Å². The molecule has 0 spiro atoms. The zero-order valence-electron chi connectivity index (χ0n) is 9.53. The van der Waals surface area contributed by atoms with Crippen LogP contribution in [0.25, 0.3) is 0 Å². The van der Waals surface area contributed by atoms with Crippen molar-refractivity contribution in [3.05, 3.63) is 35.9 Å². The standard InChI is InChI=1S/C12H18N2O/c1-10(13-12(15)14(2)3)9-11-7-5-4-6-8-11/h4-8,10H,9H2,1-3H3,(H,13,15)/t10-/m0/s1. The van der Waals surface area contributed by atoms with Gasteiger partial charge in [-0.25, -0.2) is 4.79 Å². The maximum absolute atomic E-state index is 11.4. The highest BCUT2D eigenvalue weighted by Crippen LogP contribution is 2.02. The lowest BCUT2D eigenvalue weighted by Gasteiger charge is -2.17. The van der Waals surface area contributed by atoms with Crippen molar-refractivity contribution in [3.8, 4) is 0 Å². The van der Waals surface area contributed by atoms with Gasteiger partial charge < -0.3 is 10.2 Å². The smallest absolute Gasteiger partial charge is 0.317 e. The van der Waals surface area contributed by atoms with Crippen LogP contribution in [0.2, 0.25) is 0 Å². The second-order valence-corrected chi connectivity index (χ2v) is 3.93. The van der Waals surface area contributed by atoms with Crippen LogP contribution < -0.4 is 5.32 Å². The lowest BCUT2D eigenvalue weighted by atomic mass is 10.1. The predicted octanol–water partition coefficient (Wildman–Crippen LogP) is 1.89. The fourth-order valence-electron chi connectivity index (χ4n) is 1.36. The molecule has 0 fully saturated rings. The molecule has 3 nitrogen and oxygen atoms in total. The molecular weight excluding hydrogens is 188 g/mol. The molecule has 1 aromatic rings. The van der Waals surface area contributed by atoms with Gasteiger partial charge in [0.1, 0.15) is 0 Å². The van der Waals surface area contributed by atoms with Crippen molar-refractivity contribution >= 4 is 6.03 Å². The largest absolute Gasteiger partial charge is 0.335 e. The molecule has 2 amide bonds. The Morgan fingerprint density at radius 2 is 1.93 bits per heavy atom. The van der Waals surface area contributed by atoms with Crippen molar-refractivity contribution < 1.29 is 4.79 Å². The summed E-state index contributed by atoms with van der Waals surface area (Å²) in [6.45, 7) is 2.01. The van der Waals surface area contributed by atoms with E-state index in [0.29, 0.717) is 0 Å². The second kappa shape index (κ2) is 5.39. The minimum Gasteiger partial charge on any atom is -0.335 e. The average molecular weight is 206 g/mol. The van der Waals surface area contributed by atoms with Gasteiger partial charge in [0.2, 0.25) is 0 Å². The van der Waals surface area contributed by atoms with E-state index in [1.54, 1.807) is 19.0 Å². The number of amides is 2. The molecule has 0 aliphatic carbocycles. The van der Waals surface area contributed by atoms with Crippen molar-refractivity contribution in [2.75, 3.05) is 14.1 Å². The lowest BCUT2D eigenvalue weighted by Crippen LogP contribution is -2.40. The molecule has 0 aliphatic heterocycles. The molecule has 3 heteroatoms. The van der Waals surface area contributed by atoms with Gasteiger partial charge in [-0.1, -0.05) is 30.3 Å². The number of carbonyl (C=O) groups is 1. The highest BCUT2D eigenvalue weighted by Gasteiger charge is 2.08. The number of nitrogens with one attached hydrogen (secondary N) is 1. The summed E-state index contributed by atoms with van der Waals surface area (Å²) in [5.41, 5.74) is 1.24. The highest BCUT2D eigenvalue weighted by atomic mass is 16.2. The first-order valence-electron chi connectivity index (χ1n) is 5.11. The predicted molar refractivity (Wildman–Crippen MR) is 61.8 cm³/mol. The number of hydrogen-bond acceptors (Lipinski definition) is 1. The summed E-state index contributed by atoms with van der Waals surface area (Å²) in [4.78, 5) is 12.9. The third-order valence-corrected chi connectivity index (χ3v) is 2.16. The molecule has 0 saturated heterocycles. The van der Waals surface area contributed by atoms with Crippen LogP contribution in [0.5, 0.6) is 0 Å². The van der Waals surface area contributed by atoms with Crippen LogP contribution in [-0.4, -0.2) is 31.1 Å². The first-order chi connectivity index (χ1) is 7.09. The zero-order valence-corrected chi connectivity index (χ0v) is 9.53. The minimum absolute atomic E-state index is 0.0431. The number of hydrogen-bond donors (Lipinski definition) is 1. The molecule has 0 aliphatic rings. The molecule has 1 atom stereocenters. The average Bonchev–Trinajstić information content (AvgIpc) is 2.18. The lowest BCUT2D eigenvalue weighted by molar-refractivity contribution is 0.214. The van der Waals surface area contributed by atoms with Gasteiger partial charge in [0.25, 0.3) is 0 Å². The highest BCUT2D eigenvalue weighted by molar-refractivity contribution is 5.73. The second-order valence-electron chi connectivity index (χ2n) is 3.93. The molecule has 15 heavy (non-hydrogen) atoms. The summed E-state index contributed by atoms with van der Waals surface area (Å²) in [6.07, 6.45) is 0.862. The van der Waals surface area contributed by atoms with E-state index >= 15 is 0 Å². The van der Waals surface area contributed by atoms with Crippen LogP contribution in [0.4, 0.5) is 4.79 Å². The van der Waals surface area contributed by atoms with Gasteiger partial charge in [-0.15, -0.1) is 0 Å². The molecule has 0 aromatic heterocycles. The van der Waals surface area contributed by atoms with Crippen LogP contribution in [0.15, 0.2) is 30.3 Å². The molecule has 0 heterocycles. The summed E-state index contributed by atoms with van der Waals surface area (Å²) < 4.78 is 0. The maximum atomic E-state index is 11.4. The summed E-state index contributed by atoms with van der Waals surface area (Å²) in [5, 5.41) is 2.91. The zero-order chi connectivity index (χ0) is 11.3. The molecular formula is C12H18N2O. The SMILES string of the molecule is C[C@@H](Cc1ccccc1)NC(=O)N(C)C. The number of nitrogens with zero attached hydrogens (tertiary/aromatic N) is 1. The first-order valence-corrected chi connectivity index (χ1v) is 5.11. The Labute approximate surface area is 91.1 Å². The van der Waals surface area contributed by atoms with Crippen LogP contribution in [0.1, 0.15) is 12.5 Å². The van der Waals surface area contributed by atoms with E-state index in [0.717, 1.165) is 6.42 Å². The van der Waals surface area contributed by atoms with Crippen molar-refractivity contribution in [1.82, 2.24) is 10.2 Å². The van der Waals surface area contributed by atoms with E-state index in [2.05, 4.69) is 17.4 Å². The van der Waals surface area contributed by atoms with E-state index in [4.69, 9.17) is 0 Å². The van der Waals surface area contributed by atoms with Gasteiger partial charge in [-0.2, -0.15) is 0 Å². The summed E-state index contributed by atoms with van der Waals surface area (Å²) in [7, 11) is 3.48. The normalized spacial score (nSPS) is 11.9. The molecule has 0 saturated carbocycles. The monoisotopic (exact) mass is 206 g/mol. The Morgan fingerprint density at radius 3 is 2.47 bits per heavy atom. The van der Waals surface area contributed by atoms with Gasteiger partial charge in [-0.3, -0.25) is 0 Å². The van der Waals surface area contributed by atoms with Crippen LogP contribution in [-0.2, 0) is 6.42 Å². The minimum atomic E-state index is -0.0431. The van der Waals surface area contributed by atoms with Crippen LogP contribution >= 0.6 is 0 Å². The Hall–Kier alpha value is -1.51. The Kier molecular flexibility index (Phi) is 4.16. The van der Waals surface area contributed by atoms with E-state index in [-0.39, 0.29) is 12.1 Å². The summed E-state index contributed by atoms with van der Waals surface area (Å²) in [6, 6.07) is 10.3. The fraction of sp³-hybridized carbons (Fsp3) is 0.417. The molecule has 0 bridgehead atoms. The Morgan fingerprint density at radius 1 is 1.33 bits per heavy atom. The molecule has 1 N–H and O–H groups in total. The molecule has 1 aromatic carbocycles. The maximum Gasteiger partial charge on any atom is 0.317 e. The van der Waals surface area contributed by atoms with Gasteiger partial charge in [0, 0.05) is 20.1 Å². The number of urea groups is 1. The topological polar surface area (TPSA) is 32.3 Å². The van der Waals surface area contributed by atoms with E-state index < -0.39 is 0 Å². The van der Waals surface area contributed by atoms with Gasteiger partial charge in [0.15, 0.2) is 0 Å². The van der Waals surface area contributed by atoms with Gasteiger partial charge >= 0.3 is 6.03 Å². The van der Waals surface area contributed by atoms with Crippen molar-refractivity contribution in [1.29, 1.82) is 0 Å². The number of carbonyl (C=O) groups excluding carboxylic acids is 1. The quantitative estimate of drug-likeness (QED) is 0.804. The third-order valence-electron chi connectivity index (χ3n) is 2.16. The molecule has 0 radical (unpaired) electrons. The van der Waals surface area contributed by atoms with E-state index in [1.807, 2.05) is 25.1 Å². The number of benzene rings is 1. The Balaban J connectivity index is 2.43. The summed E-state index contributed by atoms with van der Waals surface area (Å²) >= 11 is 0. The molecule has 0 unspecified atom stereocenters. The van der Waals surface area contributed by atoms with Crippen molar-refractivity contribution in [2.45, 2.75) is 19.4 Å². The first kappa shape index (κ1) is 11.6. The number of rotatable bonds is 3. The fourth-order valence-corrected chi connectivity index (χ4v) is 1.36. The van der Waals surface area contributed by atoms with Crippen molar-refractivity contribution in [3.63, 3.8) is 0 Å². The molecule has 1 rings (SSSR count). The van der Waals surface area contributed by atoms with E-state index in [9.17, 15) is 4.79 Å². The molecule has 82 valence electrons. The Bertz CT molecular complexity index is 309. The van der Waals surface area contributed by atoms with Crippen LogP contribution in [0, 0.1) is 0 Å².